The highest BCUT2D eigenvalue weighted by Gasteiger charge is 2.17. The van der Waals surface area contributed by atoms with E-state index in [1.165, 1.54) is 5.69 Å². The van der Waals surface area contributed by atoms with E-state index in [-0.39, 0.29) is 5.43 Å². The normalized spacial score (nSPS) is 14.1. The molecule has 3 aromatic carbocycles. The largest absolute Gasteiger partial charge is 0.369 e. The van der Waals surface area contributed by atoms with Gasteiger partial charge in [0, 0.05) is 71.8 Å². The van der Waals surface area contributed by atoms with Gasteiger partial charge >= 0.3 is 0 Å². The van der Waals surface area contributed by atoms with E-state index >= 15 is 0 Å². The molecule has 2 aromatic heterocycles. The number of halogens is 1. The molecule has 7 nitrogen and oxygen atoms in total. The number of nitrogens with one attached hydrogen (secondary N) is 1. The fourth-order valence-electron chi connectivity index (χ4n) is 4.78. The van der Waals surface area contributed by atoms with Crippen molar-refractivity contribution in [3.8, 4) is 16.8 Å². The van der Waals surface area contributed by atoms with Crippen LogP contribution < -0.4 is 15.6 Å². The molecule has 0 amide bonds. The van der Waals surface area contributed by atoms with Crippen molar-refractivity contribution in [2.24, 2.45) is 0 Å². The molecule has 38 heavy (non-hydrogen) atoms. The van der Waals surface area contributed by atoms with Gasteiger partial charge in [-0.15, -0.1) is 0 Å². The molecule has 1 aliphatic rings. The van der Waals surface area contributed by atoms with Crippen LogP contribution in [-0.4, -0.2) is 52.7 Å². The van der Waals surface area contributed by atoms with Crippen LogP contribution in [0, 0.1) is 0 Å². The van der Waals surface area contributed by atoms with Crippen molar-refractivity contribution in [1.29, 1.82) is 0 Å². The molecule has 5 aromatic rings. The summed E-state index contributed by atoms with van der Waals surface area (Å²) in [6, 6.07) is 25.5. The van der Waals surface area contributed by atoms with Crippen molar-refractivity contribution in [2.75, 3.05) is 43.4 Å². The molecule has 6 rings (SSSR count). The van der Waals surface area contributed by atoms with Crippen LogP contribution in [0.4, 0.5) is 17.3 Å². The molecule has 3 heterocycles. The van der Waals surface area contributed by atoms with Gasteiger partial charge in [0.05, 0.1) is 5.39 Å². The zero-order valence-corrected chi connectivity index (χ0v) is 21.8. The summed E-state index contributed by atoms with van der Waals surface area (Å²) in [5.74, 6) is 0.416. The summed E-state index contributed by atoms with van der Waals surface area (Å²) in [4.78, 5) is 27.6. The maximum absolute atomic E-state index is 13.6. The van der Waals surface area contributed by atoms with Gasteiger partial charge in [0.2, 0.25) is 5.95 Å². The average Bonchev–Trinajstić information content (AvgIpc) is 2.95. The summed E-state index contributed by atoms with van der Waals surface area (Å²) >= 11 is 6.47. The number of aromatic nitrogens is 3. The van der Waals surface area contributed by atoms with Gasteiger partial charge in [0.1, 0.15) is 0 Å². The summed E-state index contributed by atoms with van der Waals surface area (Å²) < 4.78 is 1.92. The lowest BCUT2D eigenvalue weighted by molar-refractivity contribution is 0.313. The van der Waals surface area contributed by atoms with E-state index in [9.17, 15) is 4.79 Å². The highest BCUT2D eigenvalue weighted by atomic mass is 35.5. The minimum atomic E-state index is -0.164. The number of anilines is 3. The third-order valence-electron chi connectivity index (χ3n) is 6.93. The lowest BCUT2D eigenvalue weighted by Gasteiger charge is -2.34. The highest BCUT2D eigenvalue weighted by molar-refractivity contribution is 6.33. The third-order valence-corrected chi connectivity index (χ3v) is 7.26. The van der Waals surface area contributed by atoms with Crippen molar-refractivity contribution in [3.63, 3.8) is 0 Å². The topological polar surface area (TPSA) is 66.3 Å². The fourth-order valence-corrected chi connectivity index (χ4v) is 5.01. The number of fused-ring (bicyclic) bond motifs is 1. The first kappa shape index (κ1) is 24.2. The Morgan fingerprint density at radius 2 is 1.53 bits per heavy atom. The lowest BCUT2D eigenvalue weighted by Crippen LogP contribution is -2.44. The Labute approximate surface area is 226 Å². The van der Waals surface area contributed by atoms with Gasteiger partial charge in [-0.25, -0.2) is 4.98 Å². The molecule has 0 bridgehead atoms. The van der Waals surface area contributed by atoms with Gasteiger partial charge in [0.15, 0.2) is 11.1 Å². The van der Waals surface area contributed by atoms with E-state index < -0.39 is 0 Å². The molecule has 1 N–H and O–H groups in total. The third kappa shape index (κ3) is 4.74. The van der Waals surface area contributed by atoms with Crippen molar-refractivity contribution < 1.29 is 0 Å². The van der Waals surface area contributed by atoms with E-state index in [1.807, 2.05) is 71.4 Å². The molecular weight excluding hydrogens is 496 g/mol. The van der Waals surface area contributed by atoms with Crippen molar-refractivity contribution in [1.82, 2.24) is 19.4 Å². The van der Waals surface area contributed by atoms with Crippen LogP contribution in [0.25, 0.3) is 27.8 Å². The number of nitrogens with zero attached hydrogens (tertiary/aromatic N) is 5. The molecule has 0 unspecified atom stereocenters. The summed E-state index contributed by atoms with van der Waals surface area (Å²) in [6.07, 6.45) is 3.40. The molecule has 1 aliphatic heterocycles. The fraction of sp³-hybridized carbons (Fsp3) is 0.167. The number of pyridine rings is 1. The molecule has 1 fully saturated rings. The van der Waals surface area contributed by atoms with Gasteiger partial charge in [-0.1, -0.05) is 48.0 Å². The first-order valence-electron chi connectivity index (χ1n) is 12.6. The number of piperazine rings is 1. The van der Waals surface area contributed by atoms with Crippen molar-refractivity contribution >= 4 is 40.0 Å². The van der Waals surface area contributed by atoms with Gasteiger partial charge < -0.3 is 19.7 Å². The Morgan fingerprint density at radius 1 is 0.816 bits per heavy atom. The highest BCUT2D eigenvalue weighted by Crippen LogP contribution is 2.28. The van der Waals surface area contributed by atoms with Crippen molar-refractivity contribution in [3.05, 3.63) is 107 Å². The average molecular weight is 523 g/mol. The number of likely N-dealkylation sites (N-methyl/N-ethyl adjacent to an activating group) is 1. The number of hydrogen-bond acceptors (Lipinski definition) is 6. The Kier molecular flexibility index (Phi) is 6.54. The summed E-state index contributed by atoms with van der Waals surface area (Å²) in [7, 11) is 2.16. The minimum absolute atomic E-state index is 0.164. The van der Waals surface area contributed by atoms with E-state index in [2.05, 4.69) is 39.3 Å². The smallest absolute Gasteiger partial charge is 0.229 e. The second-order valence-electron chi connectivity index (χ2n) is 9.45. The second kappa shape index (κ2) is 10.3. The van der Waals surface area contributed by atoms with Crippen LogP contribution in [-0.2, 0) is 0 Å². The zero-order valence-electron chi connectivity index (χ0n) is 21.0. The molecule has 8 heteroatoms. The predicted octanol–water partition coefficient (Wildman–Crippen LogP) is 5.60. The zero-order chi connectivity index (χ0) is 26.1. The van der Waals surface area contributed by atoms with E-state index in [0.717, 1.165) is 37.6 Å². The minimum Gasteiger partial charge on any atom is -0.369 e. The quantitative estimate of drug-likeness (QED) is 0.324. The number of para-hydroxylation sites is 1. The van der Waals surface area contributed by atoms with Gasteiger partial charge in [-0.2, -0.15) is 4.98 Å². The summed E-state index contributed by atoms with van der Waals surface area (Å²) in [6.45, 7) is 4.16. The number of rotatable bonds is 5. The molecular formula is C30H27ClN6O. The predicted molar refractivity (Wildman–Crippen MR) is 155 cm³/mol. The van der Waals surface area contributed by atoms with E-state index in [1.54, 1.807) is 12.3 Å². The Balaban J connectivity index is 1.38. The Bertz CT molecular complexity index is 1640. The SMILES string of the molecule is CN1CCN(c2ccc(Nc3ncc4c(=O)c(-c5ccccc5Cl)cn(-c5ccccc5)c4n3)cc2)CC1. The van der Waals surface area contributed by atoms with Crippen LogP contribution in [0.3, 0.4) is 0 Å². The molecule has 0 spiro atoms. The van der Waals surface area contributed by atoms with Gasteiger partial charge in [0.25, 0.3) is 0 Å². The van der Waals surface area contributed by atoms with E-state index in [0.29, 0.717) is 33.1 Å². The molecule has 0 aliphatic carbocycles. The molecule has 0 saturated carbocycles. The lowest BCUT2D eigenvalue weighted by atomic mass is 10.1. The van der Waals surface area contributed by atoms with Gasteiger partial charge in [-0.3, -0.25) is 4.79 Å². The second-order valence-corrected chi connectivity index (χ2v) is 9.86. The molecule has 190 valence electrons. The maximum atomic E-state index is 13.6. The number of benzene rings is 3. The summed E-state index contributed by atoms with van der Waals surface area (Å²) in [5, 5.41) is 4.24. The Hall–Kier alpha value is -4.20. The Morgan fingerprint density at radius 3 is 2.26 bits per heavy atom. The first-order valence-corrected chi connectivity index (χ1v) is 13.0. The van der Waals surface area contributed by atoms with Crippen LogP contribution in [0.15, 0.2) is 96.1 Å². The van der Waals surface area contributed by atoms with E-state index in [4.69, 9.17) is 16.6 Å². The van der Waals surface area contributed by atoms with Crippen LogP contribution in [0.2, 0.25) is 5.02 Å². The standard InChI is InChI=1S/C30H27ClN6O/c1-35-15-17-36(18-16-35)22-13-11-21(12-14-22)33-30-32-19-25-28(38)26(24-9-5-6-10-27(24)31)20-37(29(25)34-30)23-7-3-2-4-8-23/h2-14,19-20H,15-18H2,1H3,(H,32,33,34). The first-order chi connectivity index (χ1) is 18.6. The van der Waals surface area contributed by atoms with Crippen molar-refractivity contribution in [2.45, 2.75) is 0 Å². The molecule has 0 radical (unpaired) electrons. The monoisotopic (exact) mass is 522 g/mol. The summed E-state index contributed by atoms with van der Waals surface area (Å²) in [5.41, 5.74) is 4.49. The molecule has 0 atom stereocenters. The van der Waals surface area contributed by atoms with Crippen LogP contribution in [0.5, 0.6) is 0 Å². The molecule has 1 saturated heterocycles. The van der Waals surface area contributed by atoms with Gasteiger partial charge in [-0.05, 0) is 49.5 Å². The maximum Gasteiger partial charge on any atom is 0.229 e. The van der Waals surface area contributed by atoms with Crippen LogP contribution >= 0.6 is 11.6 Å². The number of hydrogen-bond donors (Lipinski definition) is 1. The van der Waals surface area contributed by atoms with Crippen LogP contribution in [0.1, 0.15) is 0 Å².